The van der Waals surface area contributed by atoms with E-state index in [0.717, 1.165) is 0 Å². The number of ketones is 1. The molecule has 0 spiro atoms. The molecule has 0 atom stereocenters. The molecular weight excluding hydrogens is 188 g/mol. The van der Waals surface area contributed by atoms with Crippen LogP contribution >= 0.6 is 0 Å². The predicted molar refractivity (Wildman–Crippen MR) is 47.8 cm³/mol. The van der Waals surface area contributed by atoms with E-state index in [1.54, 1.807) is 13.8 Å². The van der Waals surface area contributed by atoms with Gasteiger partial charge in [0.2, 0.25) is 0 Å². The van der Waals surface area contributed by atoms with Gasteiger partial charge in [0.15, 0.2) is 5.78 Å². The van der Waals surface area contributed by atoms with Gasteiger partial charge in [0, 0.05) is 13.0 Å². The highest BCUT2D eigenvalue weighted by atomic mass is 16.5. The van der Waals surface area contributed by atoms with Crippen molar-refractivity contribution in [3.05, 3.63) is 0 Å². The van der Waals surface area contributed by atoms with Crippen LogP contribution in [0.2, 0.25) is 0 Å². The van der Waals surface area contributed by atoms with Crippen molar-refractivity contribution < 1.29 is 20.0 Å². The van der Waals surface area contributed by atoms with Gasteiger partial charge in [-0.1, -0.05) is 13.8 Å². The molecule has 0 saturated heterocycles. The fourth-order valence-electron chi connectivity index (χ4n) is 0.696. The lowest BCUT2D eigenvalue weighted by Gasteiger charge is -2.16. The summed E-state index contributed by atoms with van der Waals surface area (Å²) in [7, 11) is 1.27. The van der Waals surface area contributed by atoms with E-state index in [1.165, 1.54) is 7.05 Å². The second kappa shape index (κ2) is 5.69. The summed E-state index contributed by atoms with van der Waals surface area (Å²) in [5.74, 6) is -1.19. The van der Waals surface area contributed by atoms with Crippen molar-refractivity contribution in [3.63, 3.8) is 0 Å². The van der Waals surface area contributed by atoms with Crippen molar-refractivity contribution in [2.24, 2.45) is 5.92 Å². The Morgan fingerprint density at radius 2 is 1.71 bits per heavy atom. The molecule has 6 heteroatoms. The zero-order valence-electron chi connectivity index (χ0n) is 8.60. The highest BCUT2D eigenvalue weighted by Gasteiger charge is 2.17. The Morgan fingerprint density at radius 1 is 1.21 bits per heavy atom. The number of hydrogen-bond acceptors (Lipinski definition) is 5. The number of carbonyl (C=O) groups excluding carboxylic acids is 2. The molecule has 0 saturated carbocycles. The van der Waals surface area contributed by atoms with E-state index in [2.05, 4.69) is 0 Å². The molecule has 0 aliphatic rings. The van der Waals surface area contributed by atoms with E-state index < -0.39 is 5.91 Å². The number of hydroxylamine groups is 4. The van der Waals surface area contributed by atoms with Gasteiger partial charge < -0.3 is 5.21 Å². The summed E-state index contributed by atoms with van der Waals surface area (Å²) in [5, 5.41) is 18.8. The first kappa shape index (κ1) is 13.0. The normalized spacial score (nSPS) is 10.8. The van der Waals surface area contributed by atoms with Crippen molar-refractivity contribution in [2.75, 3.05) is 20.1 Å². The van der Waals surface area contributed by atoms with Crippen LogP contribution in [0.1, 0.15) is 13.8 Å². The first-order valence-corrected chi connectivity index (χ1v) is 4.26. The van der Waals surface area contributed by atoms with Crippen molar-refractivity contribution in [2.45, 2.75) is 13.8 Å². The van der Waals surface area contributed by atoms with Gasteiger partial charge in [-0.2, -0.15) is 5.06 Å². The minimum atomic E-state index is -0.719. The lowest BCUT2D eigenvalue weighted by Crippen LogP contribution is -2.39. The summed E-state index contributed by atoms with van der Waals surface area (Å²) in [4.78, 5) is 22.1. The zero-order valence-corrected chi connectivity index (χ0v) is 8.60. The second-order valence-electron chi connectivity index (χ2n) is 3.39. The van der Waals surface area contributed by atoms with Crippen LogP contribution in [-0.4, -0.2) is 52.4 Å². The smallest absolute Gasteiger partial charge is 0.262 e. The minimum absolute atomic E-state index is 0.232. The highest BCUT2D eigenvalue weighted by Crippen LogP contribution is 1.96. The zero-order chi connectivity index (χ0) is 11.3. The molecule has 0 aliphatic heterocycles. The first-order valence-electron chi connectivity index (χ1n) is 4.26. The van der Waals surface area contributed by atoms with E-state index in [-0.39, 0.29) is 24.8 Å². The van der Waals surface area contributed by atoms with Crippen LogP contribution < -0.4 is 0 Å². The van der Waals surface area contributed by atoms with Gasteiger partial charge >= 0.3 is 0 Å². The number of amides is 1. The molecule has 0 aromatic rings. The molecule has 0 heterocycles. The molecule has 0 fully saturated rings. The molecule has 82 valence electrons. The van der Waals surface area contributed by atoms with Crippen LogP contribution in [0.25, 0.3) is 0 Å². The third kappa shape index (κ3) is 4.90. The highest BCUT2D eigenvalue weighted by molar-refractivity contribution is 5.87. The van der Waals surface area contributed by atoms with Crippen molar-refractivity contribution >= 4 is 11.7 Å². The van der Waals surface area contributed by atoms with Crippen LogP contribution in [0.5, 0.6) is 0 Å². The second-order valence-corrected chi connectivity index (χ2v) is 3.39. The first-order chi connectivity index (χ1) is 6.34. The topological polar surface area (TPSA) is 81.1 Å². The lowest BCUT2D eigenvalue weighted by molar-refractivity contribution is -0.177. The molecule has 14 heavy (non-hydrogen) atoms. The van der Waals surface area contributed by atoms with Crippen LogP contribution in [0.3, 0.4) is 0 Å². The molecule has 0 aromatic heterocycles. The number of Topliss-reactive ketones (excluding diaryl/α,β-unsaturated/α-hetero) is 1. The van der Waals surface area contributed by atoms with Crippen LogP contribution in [0.15, 0.2) is 0 Å². The third-order valence-corrected chi connectivity index (χ3v) is 1.60. The summed E-state index contributed by atoms with van der Waals surface area (Å²) >= 11 is 0. The Kier molecular flexibility index (Phi) is 5.29. The summed E-state index contributed by atoms with van der Waals surface area (Å²) in [6.07, 6.45) is 0. The van der Waals surface area contributed by atoms with Gasteiger partial charge in [-0.3, -0.25) is 14.8 Å². The summed E-state index contributed by atoms with van der Waals surface area (Å²) < 4.78 is 0. The Bertz CT molecular complexity index is 215. The Balaban J connectivity index is 4.01. The van der Waals surface area contributed by atoms with Gasteiger partial charge in [0.1, 0.15) is 13.1 Å². The largest absolute Gasteiger partial charge is 0.314 e. The molecular formula is C8H16N2O4. The van der Waals surface area contributed by atoms with E-state index in [4.69, 9.17) is 10.4 Å². The van der Waals surface area contributed by atoms with E-state index in [1.807, 2.05) is 0 Å². The average Bonchev–Trinajstić information content (AvgIpc) is 2.02. The third-order valence-electron chi connectivity index (χ3n) is 1.60. The molecule has 6 nitrogen and oxygen atoms in total. The maximum atomic E-state index is 11.1. The van der Waals surface area contributed by atoms with Gasteiger partial charge in [-0.15, -0.1) is 0 Å². The Hall–Kier alpha value is -0.980. The van der Waals surface area contributed by atoms with Gasteiger partial charge in [0.05, 0.1) is 0 Å². The minimum Gasteiger partial charge on any atom is -0.314 e. The molecule has 0 radical (unpaired) electrons. The maximum absolute atomic E-state index is 11.1. The molecule has 2 N–H and O–H groups in total. The Morgan fingerprint density at radius 3 is 2.07 bits per heavy atom. The number of nitrogens with zero attached hydrogens (tertiary/aromatic N) is 2. The van der Waals surface area contributed by atoms with Gasteiger partial charge in [-0.05, 0) is 0 Å². The fourth-order valence-corrected chi connectivity index (χ4v) is 0.696. The average molecular weight is 204 g/mol. The molecule has 0 unspecified atom stereocenters. The van der Waals surface area contributed by atoms with Gasteiger partial charge in [-0.25, -0.2) is 5.06 Å². The number of likely N-dealkylation sites (N-methyl/N-ethyl adjacent to an activating group) is 1. The molecule has 0 bridgehead atoms. The lowest BCUT2D eigenvalue weighted by atomic mass is 10.1. The number of hydrogen-bond donors (Lipinski definition) is 2. The fraction of sp³-hybridized carbons (Fsp3) is 0.750. The summed E-state index contributed by atoms with van der Waals surface area (Å²) in [5.41, 5.74) is 0. The monoisotopic (exact) mass is 204 g/mol. The Labute approximate surface area is 82.6 Å². The summed E-state index contributed by atoms with van der Waals surface area (Å²) in [6.45, 7) is 2.67. The van der Waals surface area contributed by atoms with Crippen molar-refractivity contribution in [3.8, 4) is 0 Å². The summed E-state index contributed by atoms with van der Waals surface area (Å²) in [6, 6.07) is 0. The van der Waals surface area contributed by atoms with Crippen LogP contribution in [0, 0.1) is 5.92 Å². The van der Waals surface area contributed by atoms with Crippen LogP contribution in [-0.2, 0) is 9.59 Å². The maximum Gasteiger partial charge on any atom is 0.262 e. The van der Waals surface area contributed by atoms with Gasteiger partial charge in [0.25, 0.3) is 5.91 Å². The molecule has 0 aromatic carbocycles. The van der Waals surface area contributed by atoms with Crippen molar-refractivity contribution in [1.29, 1.82) is 0 Å². The van der Waals surface area contributed by atoms with E-state index >= 15 is 0 Å². The predicted octanol–water partition coefficient (Wildman–Crippen LogP) is -0.250. The standard InChI is InChI=1S/C8H16N2O4/c1-6(2)7(11)4-10(14)8(12)5-9(3)13/h6,13-14H,4-5H2,1-3H3. The van der Waals surface area contributed by atoms with E-state index in [0.29, 0.717) is 10.1 Å². The van der Waals surface area contributed by atoms with E-state index in [9.17, 15) is 9.59 Å². The quantitative estimate of drug-likeness (QED) is 0.476. The van der Waals surface area contributed by atoms with Crippen LogP contribution in [0.4, 0.5) is 0 Å². The number of carbonyl (C=O) groups is 2. The van der Waals surface area contributed by atoms with Crippen molar-refractivity contribution in [1.82, 2.24) is 10.1 Å². The molecule has 1 amide bonds. The SMILES string of the molecule is CC(C)C(=O)CN(O)C(=O)CN(C)O. The molecule has 0 aliphatic carbocycles. The number of rotatable bonds is 5. The molecule has 0 rings (SSSR count).